The standard InChI is InChI=1S/C14H8BrNO2S/c15-11-3-1-9(2-4-11)13-6-5-12(19-13)7-10(8-16)14(17)18/h1-7H,(H,17,18)/b10-7+. The van der Waals surface area contributed by atoms with Crippen molar-refractivity contribution in [2.24, 2.45) is 0 Å². The summed E-state index contributed by atoms with van der Waals surface area (Å²) in [7, 11) is 0. The average molecular weight is 334 g/mol. The molecule has 19 heavy (non-hydrogen) atoms. The summed E-state index contributed by atoms with van der Waals surface area (Å²) >= 11 is 4.82. The summed E-state index contributed by atoms with van der Waals surface area (Å²) in [6.45, 7) is 0. The van der Waals surface area contributed by atoms with E-state index in [9.17, 15) is 4.79 Å². The summed E-state index contributed by atoms with van der Waals surface area (Å²) < 4.78 is 1.01. The molecule has 0 amide bonds. The number of hydrogen-bond donors (Lipinski definition) is 1. The molecule has 1 N–H and O–H groups in total. The largest absolute Gasteiger partial charge is 0.477 e. The molecular weight excluding hydrogens is 326 g/mol. The number of nitriles is 1. The third-order valence-electron chi connectivity index (χ3n) is 2.39. The molecule has 2 rings (SSSR count). The van der Waals surface area contributed by atoms with Gasteiger partial charge in [0.1, 0.15) is 11.6 Å². The van der Waals surface area contributed by atoms with Crippen LogP contribution < -0.4 is 0 Å². The van der Waals surface area contributed by atoms with Gasteiger partial charge in [-0.3, -0.25) is 0 Å². The molecule has 0 aliphatic carbocycles. The molecule has 1 heterocycles. The van der Waals surface area contributed by atoms with E-state index in [0.717, 1.165) is 19.8 Å². The summed E-state index contributed by atoms with van der Waals surface area (Å²) in [5.74, 6) is -1.21. The monoisotopic (exact) mass is 333 g/mol. The van der Waals surface area contributed by atoms with Crippen molar-refractivity contribution in [3.05, 3.63) is 51.3 Å². The lowest BCUT2D eigenvalue weighted by Gasteiger charge is -1.96. The first-order valence-corrected chi connectivity index (χ1v) is 6.92. The molecule has 0 bridgehead atoms. The fourth-order valence-corrected chi connectivity index (χ4v) is 2.70. The Kier molecular flexibility index (Phi) is 4.15. The van der Waals surface area contributed by atoms with Gasteiger partial charge in [-0.2, -0.15) is 5.26 Å². The van der Waals surface area contributed by atoms with Gasteiger partial charge in [-0.15, -0.1) is 11.3 Å². The van der Waals surface area contributed by atoms with E-state index in [-0.39, 0.29) is 5.57 Å². The highest BCUT2D eigenvalue weighted by Gasteiger charge is 2.07. The fourth-order valence-electron chi connectivity index (χ4n) is 1.48. The Labute approximate surface area is 122 Å². The molecule has 1 aromatic carbocycles. The molecule has 0 atom stereocenters. The van der Waals surface area contributed by atoms with Crippen LogP contribution in [0, 0.1) is 11.3 Å². The van der Waals surface area contributed by atoms with Gasteiger partial charge in [-0.05, 0) is 35.9 Å². The van der Waals surface area contributed by atoms with Gasteiger partial charge >= 0.3 is 5.97 Å². The van der Waals surface area contributed by atoms with Crippen molar-refractivity contribution in [1.82, 2.24) is 0 Å². The molecule has 0 saturated carbocycles. The lowest BCUT2D eigenvalue weighted by molar-refractivity contribution is -0.132. The van der Waals surface area contributed by atoms with Crippen LogP contribution in [0.4, 0.5) is 0 Å². The number of carboxylic acids is 1. The molecule has 0 unspecified atom stereocenters. The normalized spacial score (nSPS) is 11.1. The zero-order valence-electron chi connectivity index (χ0n) is 9.63. The van der Waals surface area contributed by atoms with E-state index in [1.165, 1.54) is 17.4 Å². The Balaban J connectivity index is 2.32. The first-order chi connectivity index (χ1) is 9.10. The SMILES string of the molecule is N#C/C(=C\c1ccc(-c2ccc(Br)cc2)s1)C(=O)O. The Hall–Kier alpha value is -1.90. The van der Waals surface area contributed by atoms with Crippen LogP contribution in [0.25, 0.3) is 16.5 Å². The molecule has 94 valence electrons. The average Bonchev–Trinajstić information content (AvgIpc) is 2.85. The van der Waals surface area contributed by atoms with Crippen LogP contribution in [0.3, 0.4) is 0 Å². The summed E-state index contributed by atoms with van der Waals surface area (Å²) in [5.41, 5.74) is 0.797. The summed E-state index contributed by atoms with van der Waals surface area (Å²) in [6.07, 6.45) is 1.38. The van der Waals surface area contributed by atoms with Crippen LogP contribution in [-0.4, -0.2) is 11.1 Å². The summed E-state index contributed by atoms with van der Waals surface area (Å²) in [5, 5.41) is 17.5. The molecule has 0 aliphatic heterocycles. The highest BCUT2D eigenvalue weighted by molar-refractivity contribution is 9.10. The van der Waals surface area contributed by atoms with E-state index in [0.29, 0.717) is 0 Å². The molecule has 0 saturated heterocycles. The van der Waals surface area contributed by atoms with Crippen LogP contribution in [-0.2, 0) is 4.79 Å². The van der Waals surface area contributed by atoms with Crippen molar-refractivity contribution in [2.75, 3.05) is 0 Å². The van der Waals surface area contributed by atoms with E-state index < -0.39 is 5.97 Å². The molecule has 3 nitrogen and oxygen atoms in total. The minimum atomic E-state index is -1.21. The Bertz CT molecular complexity index is 680. The van der Waals surface area contributed by atoms with Crippen molar-refractivity contribution >= 4 is 39.3 Å². The molecule has 0 spiro atoms. The number of benzene rings is 1. The van der Waals surface area contributed by atoms with E-state index in [2.05, 4.69) is 15.9 Å². The van der Waals surface area contributed by atoms with Gasteiger partial charge in [0.15, 0.2) is 0 Å². The molecule has 0 fully saturated rings. The predicted octanol–water partition coefficient (Wildman–Crippen LogP) is 4.17. The topological polar surface area (TPSA) is 61.1 Å². The number of aliphatic carboxylic acids is 1. The van der Waals surface area contributed by atoms with Gasteiger partial charge in [0, 0.05) is 14.2 Å². The van der Waals surface area contributed by atoms with Crippen molar-refractivity contribution in [3.8, 4) is 16.5 Å². The van der Waals surface area contributed by atoms with Crippen LogP contribution >= 0.6 is 27.3 Å². The van der Waals surface area contributed by atoms with Gasteiger partial charge in [0.25, 0.3) is 0 Å². The number of carbonyl (C=O) groups is 1. The number of rotatable bonds is 3. The minimum absolute atomic E-state index is 0.260. The Morgan fingerprint density at radius 1 is 1.26 bits per heavy atom. The third-order valence-corrected chi connectivity index (χ3v) is 4.00. The summed E-state index contributed by atoms with van der Waals surface area (Å²) in [6, 6.07) is 13.2. The molecule has 0 radical (unpaired) electrons. The van der Waals surface area contributed by atoms with Gasteiger partial charge in [0.2, 0.25) is 0 Å². The van der Waals surface area contributed by atoms with Gasteiger partial charge < -0.3 is 5.11 Å². The van der Waals surface area contributed by atoms with Crippen molar-refractivity contribution in [3.63, 3.8) is 0 Å². The molecule has 2 aromatic rings. The predicted molar refractivity (Wildman–Crippen MR) is 78.7 cm³/mol. The van der Waals surface area contributed by atoms with Gasteiger partial charge in [-0.25, -0.2) is 4.79 Å². The van der Waals surface area contributed by atoms with Crippen LogP contribution in [0.15, 0.2) is 46.4 Å². The minimum Gasteiger partial charge on any atom is -0.477 e. The number of nitrogens with zero attached hydrogens (tertiary/aromatic N) is 1. The maximum absolute atomic E-state index is 10.8. The van der Waals surface area contributed by atoms with E-state index in [4.69, 9.17) is 10.4 Å². The quantitative estimate of drug-likeness (QED) is 0.677. The molecule has 1 aromatic heterocycles. The van der Waals surface area contributed by atoms with Crippen LogP contribution in [0.5, 0.6) is 0 Å². The first kappa shape index (κ1) is 13.5. The van der Waals surface area contributed by atoms with Crippen molar-refractivity contribution < 1.29 is 9.90 Å². The van der Waals surface area contributed by atoms with Crippen molar-refractivity contribution in [2.45, 2.75) is 0 Å². The maximum atomic E-state index is 10.8. The molecule has 0 aliphatic rings. The number of thiophene rings is 1. The van der Waals surface area contributed by atoms with E-state index >= 15 is 0 Å². The summed E-state index contributed by atoms with van der Waals surface area (Å²) in [4.78, 5) is 12.5. The van der Waals surface area contributed by atoms with Crippen molar-refractivity contribution in [1.29, 1.82) is 5.26 Å². The lowest BCUT2D eigenvalue weighted by Crippen LogP contribution is -1.96. The second-order valence-corrected chi connectivity index (χ2v) is 5.71. The zero-order valence-corrected chi connectivity index (χ0v) is 12.0. The third kappa shape index (κ3) is 3.31. The van der Waals surface area contributed by atoms with Crippen LogP contribution in [0.1, 0.15) is 4.88 Å². The number of hydrogen-bond acceptors (Lipinski definition) is 3. The number of carboxylic acid groups (broad SMARTS) is 1. The maximum Gasteiger partial charge on any atom is 0.346 e. The van der Waals surface area contributed by atoms with Gasteiger partial charge in [-0.1, -0.05) is 28.1 Å². The zero-order chi connectivity index (χ0) is 13.8. The lowest BCUT2D eigenvalue weighted by atomic mass is 10.2. The fraction of sp³-hybridized carbons (Fsp3) is 0. The first-order valence-electron chi connectivity index (χ1n) is 5.31. The second-order valence-electron chi connectivity index (χ2n) is 3.68. The van der Waals surface area contributed by atoms with E-state index in [1.807, 2.05) is 36.4 Å². The highest BCUT2D eigenvalue weighted by Crippen LogP contribution is 2.30. The smallest absolute Gasteiger partial charge is 0.346 e. The Morgan fingerprint density at radius 3 is 2.53 bits per heavy atom. The van der Waals surface area contributed by atoms with Crippen LogP contribution in [0.2, 0.25) is 0 Å². The Morgan fingerprint density at radius 2 is 1.95 bits per heavy atom. The van der Waals surface area contributed by atoms with E-state index in [1.54, 1.807) is 6.07 Å². The highest BCUT2D eigenvalue weighted by atomic mass is 79.9. The second kappa shape index (κ2) is 5.83. The van der Waals surface area contributed by atoms with Gasteiger partial charge in [0.05, 0.1) is 0 Å². The molecular formula is C14H8BrNO2S. The molecule has 5 heteroatoms. The number of halogens is 1.